The van der Waals surface area contributed by atoms with Crippen molar-refractivity contribution in [3.8, 4) is 0 Å². The lowest BCUT2D eigenvalue weighted by Crippen LogP contribution is -2.35. The van der Waals surface area contributed by atoms with Gasteiger partial charge in [-0.1, -0.05) is 41.9 Å². The van der Waals surface area contributed by atoms with Crippen LogP contribution in [0.5, 0.6) is 0 Å². The monoisotopic (exact) mass is 457 g/mol. The van der Waals surface area contributed by atoms with Crippen molar-refractivity contribution in [2.75, 3.05) is 21.5 Å². The maximum absolute atomic E-state index is 13.2. The van der Waals surface area contributed by atoms with E-state index in [-0.39, 0.29) is 4.90 Å². The third-order valence-electron chi connectivity index (χ3n) is 4.89. The summed E-state index contributed by atoms with van der Waals surface area (Å²) in [6, 6.07) is 21.5. The lowest BCUT2D eigenvalue weighted by molar-refractivity contribution is 0.586. The second kappa shape index (κ2) is 8.63. The Morgan fingerprint density at radius 2 is 1.63 bits per heavy atom. The number of hydrogen-bond donors (Lipinski definition) is 2. The van der Waals surface area contributed by atoms with Crippen molar-refractivity contribution >= 4 is 56.0 Å². The number of nitrogens with zero attached hydrogens (tertiary/aromatic N) is 1. The Kier molecular flexibility index (Phi) is 5.94. The lowest BCUT2D eigenvalue weighted by Gasteiger charge is -2.30. The molecule has 0 spiro atoms. The van der Waals surface area contributed by atoms with Crippen LogP contribution in [-0.2, 0) is 16.4 Å². The number of benzene rings is 3. The number of fused-ring (bicyclic) bond motifs is 1. The molecule has 3 aromatic rings. The molecule has 1 aliphatic heterocycles. The zero-order valence-electron chi connectivity index (χ0n) is 16.0. The number of thiocarbonyl (C=S) groups is 1. The minimum absolute atomic E-state index is 0.245. The first-order valence-corrected chi connectivity index (χ1v) is 11.7. The van der Waals surface area contributed by atoms with Crippen molar-refractivity contribution < 1.29 is 8.42 Å². The first-order chi connectivity index (χ1) is 14.4. The summed E-state index contributed by atoms with van der Waals surface area (Å²) in [4.78, 5) is 0.245. The van der Waals surface area contributed by atoms with Gasteiger partial charge in [0.05, 0.1) is 21.3 Å². The quantitative estimate of drug-likeness (QED) is 0.521. The molecule has 0 aromatic heterocycles. The highest BCUT2D eigenvalue weighted by Gasteiger charge is 2.28. The second-order valence-electron chi connectivity index (χ2n) is 6.89. The Balaban J connectivity index is 1.50. The summed E-state index contributed by atoms with van der Waals surface area (Å²) in [6.07, 6.45) is 1.69. The van der Waals surface area contributed by atoms with Gasteiger partial charge < -0.3 is 10.6 Å². The Labute approximate surface area is 186 Å². The van der Waals surface area contributed by atoms with E-state index in [1.165, 1.54) is 4.31 Å². The van der Waals surface area contributed by atoms with E-state index in [0.717, 1.165) is 24.1 Å². The molecule has 0 fully saturated rings. The summed E-state index contributed by atoms with van der Waals surface area (Å²) in [6.45, 7) is 0.477. The fraction of sp³-hybridized carbons (Fsp3) is 0.136. The second-order valence-corrected chi connectivity index (χ2v) is 9.57. The molecule has 4 rings (SSSR count). The Morgan fingerprint density at radius 3 is 2.40 bits per heavy atom. The smallest absolute Gasteiger partial charge is 0.264 e. The molecule has 0 radical (unpaired) electrons. The molecule has 30 heavy (non-hydrogen) atoms. The minimum Gasteiger partial charge on any atom is -0.332 e. The van der Waals surface area contributed by atoms with Crippen LogP contribution in [0.15, 0.2) is 77.7 Å². The van der Waals surface area contributed by atoms with E-state index in [1.54, 1.807) is 30.3 Å². The molecule has 154 valence electrons. The van der Waals surface area contributed by atoms with Gasteiger partial charge in [0.25, 0.3) is 10.0 Å². The van der Waals surface area contributed by atoms with Crippen molar-refractivity contribution in [1.82, 2.24) is 0 Å². The molecule has 0 amide bonds. The molecule has 0 saturated heterocycles. The van der Waals surface area contributed by atoms with E-state index in [9.17, 15) is 8.42 Å². The molecule has 8 heteroatoms. The van der Waals surface area contributed by atoms with Crippen LogP contribution >= 0.6 is 23.8 Å². The minimum atomic E-state index is -3.64. The first-order valence-electron chi connectivity index (χ1n) is 9.48. The van der Waals surface area contributed by atoms with Gasteiger partial charge in [-0.2, -0.15) is 0 Å². The summed E-state index contributed by atoms with van der Waals surface area (Å²) in [5.74, 6) is 0. The predicted molar refractivity (Wildman–Crippen MR) is 127 cm³/mol. The van der Waals surface area contributed by atoms with Gasteiger partial charge in [0.2, 0.25) is 0 Å². The summed E-state index contributed by atoms with van der Waals surface area (Å²) in [7, 11) is -3.64. The van der Waals surface area contributed by atoms with Crippen LogP contribution in [-0.4, -0.2) is 20.1 Å². The van der Waals surface area contributed by atoms with E-state index < -0.39 is 10.0 Å². The van der Waals surface area contributed by atoms with E-state index in [4.69, 9.17) is 23.8 Å². The molecule has 3 aromatic carbocycles. The van der Waals surface area contributed by atoms with Gasteiger partial charge in [0, 0.05) is 12.2 Å². The number of nitrogens with one attached hydrogen (secondary N) is 2. The van der Waals surface area contributed by atoms with Gasteiger partial charge in [-0.25, -0.2) is 8.42 Å². The molecule has 0 aliphatic carbocycles. The number of sulfonamides is 1. The molecule has 5 nitrogen and oxygen atoms in total. The van der Waals surface area contributed by atoms with Gasteiger partial charge >= 0.3 is 0 Å². The van der Waals surface area contributed by atoms with Crippen LogP contribution in [0.1, 0.15) is 12.0 Å². The predicted octanol–water partition coefficient (Wildman–Crippen LogP) is 5.29. The highest BCUT2D eigenvalue weighted by atomic mass is 35.5. The van der Waals surface area contributed by atoms with E-state index in [0.29, 0.717) is 28.1 Å². The number of halogens is 1. The normalized spacial score (nSPS) is 13.4. The van der Waals surface area contributed by atoms with Crippen LogP contribution in [0.4, 0.5) is 17.1 Å². The van der Waals surface area contributed by atoms with Gasteiger partial charge in [0.1, 0.15) is 0 Å². The molecule has 1 heterocycles. The molecule has 0 bridgehead atoms. The first kappa shape index (κ1) is 20.7. The zero-order chi connectivity index (χ0) is 21.1. The molecule has 2 N–H and O–H groups in total. The number of hydrogen-bond acceptors (Lipinski definition) is 3. The molecule has 0 unspecified atom stereocenters. The fourth-order valence-electron chi connectivity index (χ4n) is 3.43. The zero-order valence-corrected chi connectivity index (χ0v) is 18.4. The van der Waals surface area contributed by atoms with Crippen LogP contribution in [0.2, 0.25) is 5.02 Å². The van der Waals surface area contributed by atoms with Crippen LogP contribution < -0.4 is 14.9 Å². The maximum atomic E-state index is 13.2. The fourth-order valence-corrected chi connectivity index (χ4v) is 5.39. The van der Waals surface area contributed by atoms with Gasteiger partial charge in [-0.05, 0) is 73.1 Å². The van der Waals surface area contributed by atoms with Gasteiger partial charge in [-0.3, -0.25) is 4.31 Å². The third-order valence-corrected chi connectivity index (χ3v) is 7.25. The van der Waals surface area contributed by atoms with E-state index in [2.05, 4.69) is 10.6 Å². The molecule has 1 aliphatic rings. The highest BCUT2D eigenvalue weighted by molar-refractivity contribution is 7.92. The van der Waals surface area contributed by atoms with E-state index >= 15 is 0 Å². The average molecular weight is 458 g/mol. The Bertz CT molecular complexity index is 1180. The van der Waals surface area contributed by atoms with Gasteiger partial charge in [-0.15, -0.1) is 0 Å². The standard InChI is InChI=1S/C22H20ClN3O2S2/c23-19-8-2-3-9-20(19)25-22(29)24-17-11-13-18(14-12-17)30(27,28)26-15-5-7-16-6-1-4-10-21(16)26/h1-4,6,8-14H,5,7,15H2,(H2,24,25,29). The average Bonchev–Trinajstić information content (AvgIpc) is 2.75. The van der Waals surface area contributed by atoms with Crippen molar-refractivity contribution in [2.45, 2.75) is 17.7 Å². The SMILES string of the molecule is O=S(=O)(c1ccc(NC(=S)Nc2ccccc2Cl)cc1)N1CCCc2ccccc21. The van der Waals surface area contributed by atoms with Gasteiger partial charge in [0.15, 0.2) is 5.11 Å². The summed E-state index contributed by atoms with van der Waals surface area (Å²) >= 11 is 11.5. The molecule has 0 saturated carbocycles. The summed E-state index contributed by atoms with van der Waals surface area (Å²) in [5, 5.41) is 7.00. The largest absolute Gasteiger partial charge is 0.332 e. The van der Waals surface area contributed by atoms with Crippen molar-refractivity contribution in [1.29, 1.82) is 0 Å². The van der Waals surface area contributed by atoms with E-state index in [1.807, 2.05) is 42.5 Å². The lowest BCUT2D eigenvalue weighted by atomic mass is 10.0. The van der Waals surface area contributed by atoms with Crippen LogP contribution in [0.25, 0.3) is 0 Å². The molecule has 0 atom stereocenters. The summed E-state index contributed by atoms with van der Waals surface area (Å²) in [5.41, 5.74) is 3.19. The van der Waals surface area contributed by atoms with Crippen LogP contribution in [0.3, 0.4) is 0 Å². The number of rotatable bonds is 4. The Morgan fingerprint density at radius 1 is 0.933 bits per heavy atom. The van der Waals surface area contributed by atoms with Crippen LogP contribution in [0, 0.1) is 0 Å². The van der Waals surface area contributed by atoms with Crippen molar-refractivity contribution in [2.24, 2.45) is 0 Å². The number of anilines is 3. The molecular weight excluding hydrogens is 438 g/mol. The number of aryl methyl sites for hydroxylation is 1. The van der Waals surface area contributed by atoms with Crippen molar-refractivity contribution in [3.05, 3.63) is 83.4 Å². The highest BCUT2D eigenvalue weighted by Crippen LogP contribution is 2.32. The number of para-hydroxylation sites is 2. The summed E-state index contributed by atoms with van der Waals surface area (Å²) < 4.78 is 27.9. The van der Waals surface area contributed by atoms with Crippen molar-refractivity contribution in [3.63, 3.8) is 0 Å². The molecular formula is C22H20ClN3O2S2. The Hall–Kier alpha value is -2.61. The maximum Gasteiger partial charge on any atom is 0.264 e. The topological polar surface area (TPSA) is 61.4 Å². The third kappa shape index (κ3) is 4.28.